The molecular weight excluding hydrogens is 240 g/mol. The first-order chi connectivity index (χ1) is 8.56. The van der Waals surface area contributed by atoms with E-state index in [1.54, 1.807) is 0 Å². The minimum atomic E-state index is -0.980. The zero-order valence-corrected chi connectivity index (χ0v) is 9.57. The number of imide groups is 1. The van der Waals surface area contributed by atoms with Gasteiger partial charge in [-0.15, -0.1) is 5.10 Å². The van der Waals surface area contributed by atoms with E-state index in [-0.39, 0.29) is 37.6 Å². The van der Waals surface area contributed by atoms with Gasteiger partial charge in [-0.2, -0.15) is 0 Å². The quantitative estimate of drug-likeness (QED) is 0.677. The first kappa shape index (κ1) is 12.2. The van der Waals surface area contributed by atoms with Crippen LogP contribution in [0.2, 0.25) is 0 Å². The highest BCUT2D eigenvalue weighted by Gasteiger charge is 2.28. The highest BCUT2D eigenvalue weighted by atomic mass is 16.4. The van der Waals surface area contributed by atoms with Crippen LogP contribution in [0.1, 0.15) is 18.5 Å². The molecular formula is C10H12N4O4. The van der Waals surface area contributed by atoms with Crippen LogP contribution in [0.25, 0.3) is 0 Å². The Labute approximate surface area is 102 Å². The zero-order valence-electron chi connectivity index (χ0n) is 9.57. The second-order valence-electron chi connectivity index (χ2n) is 3.98. The molecule has 2 heterocycles. The number of likely N-dealkylation sites (tertiary alicyclic amines) is 1. The van der Waals surface area contributed by atoms with Crippen molar-refractivity contribution in [1.82, 2.24) is 19.9 Å². The van der Waals surface area contributed by atoms with Gasteiger partial charge in [-0.25, -0.2) is 0 Å². The maximum absolute atomic E-state index is 11.3. The Bertz CT molecular complexity index is 480. The van der Waals surface area contributed by atoms with E-state index in [0.717, 1.165) is 0 Å². The lowest BCUT2D eigenvalue weighted by Crippen LogP contribution is -2.32. The largest absolute Gasteiger partial charge is 0.481 e. The lowest BCUT2D eigenvalue weighted by molar-refractivity contribution is -0.139. The minimum Gasteiger partial charge on any atom is -0.481 e. The van der Waals surface area contributed by atoms with Gasteiger partial charge in [0.2, 0.25) is 11.8 Å². The van der Waals surface area contributed by atoms with Gasteiger partial charge in [-0.1, -0.05) is 5.21 Å². The summed E-state index contributed by atoms with van der Waals surface area (Å²) in [5, 5.41) is 16.0. The van der Waals surface area contributed by atoms with Crippen molar-refractivity contribution in [1.29, 1.82) is 0 Å². The van der Waals surface area contributed by atoms with Crippen LogP contribution < -0.4 is 0 Å². The molecule has 1 saturated heterocycles. The number of hydrogen-bond donors (Lipinski definition) is 1. The van der Waals surface area contributed by atoms with E-state index in [4.69, 9.17) is 5.11 Å². The van der Waals surface area contributed by atoms with Crippen LogP contribution in [0.15, 0.2) is 6.20 Å². The van der Waals surface area contributed by atoms with Crippen LogP contribution in [-0.4, -0.2) is 49.3 Å². The van der Waals surface area contributed by atoms with Gasteiger partial charge >= 0.3 is 5.97 Å². The Balaban J connectivity index is 1.90. The van der Waals surface area contributed by atoms with Crippen LogP contribution in [0.3, 0.4) is 0 Å². The van der Waals surface area contributed by atoms with E-state index in [0.29, 0.717) is 12.2 Å². The summed E-state index contributed by atoms with van der Waals surface area (Å²) in [6, 6.07) is 0. The number of aromatic nitrogens is 3. The molecule has 1 aliphatic heterocycles. The minimum absolute atomic E-state index is 0.175. The summed E-state index contributed by atoms with van der Waals surface area (Å²) in [5.41, 5.74) is 0.349. The molecule has 0 aliphatic carbocycles. The molecule has 0 spiro atoms. The number of nitrogens with zero attached hydrogens (tertiary/aromatic N) is 4. The van der Waals surface area contributed by atoms with Crippen LogP contribution >= 0.6 is 0 Å². The molecule has 2 amide bonds. The van der Waals surface area contributed by atoms with Crippen LogP contribution in [0, 0.1) is 0 Å². The summed E-state index contributed by atoms with van der Waals surface area (Å²) < 4.78 is 1.43. The van der Waals surface area contributed by atoms with Crippen molar-refractivity contribution in [3.8, 4) is 0 Å². The predicted octanol–water partition coefficient (Wildman–Crippen LogP) is -0.946. The molecule has 0 aromatic carbocycles. The zero-order chi connectivity index (χ0) is 13.1. The maximum Gasteiger partial charge on any atom is 0.309 e. The second kappa shape index (κ2) is 4.94. The molecule has 0 radical (unpaired) electrons. The molecule has 96 valence electrons. The smallest absolute Gasteiger partial charge is 0.309 e. The maximum atomic E-state index is 11.3. The molecule has 0 atom stereocenters. The highest BCUT2D eigenvalue weighted by molar-refractivity contribution is 6.01. The van der Waals surface area contributed by atoms with Crippen molar-refractivity contribution in [2.75, 3.05) is 6.54 Å². The van der Waals surface area contributed by atoms with Crippen molar-refractivity contribution in [3.05, 3.63) is 11.9 Å². The van der Waals surface area contributed by atoms with Crippen molar-refractivity contribution < 1.29 is 19.5 Å². The topological polar surface area (TPSA) is 105 Å². The summed E-state index contributed by atoms with van der Waals surface area (Å²) in [4.78, 5) is 34.3. The lowest BCUT2D eigenvalue weighted by atomic mass is 10.3. The van der Waals surface area contributed by atoms with Gasteiger partial charge in [0.05, 0.1) is 18.7 Å². The van der Waals surface area contributed by atoms with Gasteiger partial charge in [-0.3, -0.25) is 24.0 Å². The fraction of sp³-hybridized carbons (Fsp3) is 0.500. The third-order valence-electron chi connectivity index (χ3n) is 2.63. The SMILES string of the molecule is O=C(O)Cc1cn(CCN2C(=O)CCC2=O)nn1. The number of carbonyl (C=O) groups excluding carboxylic acids is 2. The van der Waals surface area contributed by atoms with E-state index in [1.807, 2.05) is 0 Å². The average molecular weight is 252 g/mol. The number of carboxylic acids is 1. The van der Waals surface area contributed by atoms with E-state index in [9.17, 15) is 14.4 Å². The second-order valence-corrected chi connectivity index (χ2v) is 3.98. The number of carboxylic acid groups (broad SMARTS) is 1. The number of hydrogen-bond acceptors (Lipinski definition) is 5. The molecule has 18 heavy (non-hydrogen) atoms. The van der Waals surface area contributed by atoms with Crippen LogP contribution in [0.4, 0.5) is 0 Å². The van der Waals surface area contributed by atoms with Crippen molar-refractivity contribution >= 4 is 17.8 Å². The Hall–Kier alpha value is -2.25. The summed E-state index contributed by atoms with van der Waals surface area (Å²) in [6.07, 6.45) is 1.83. The fourth-order valence-corrected chi connectivity index (χ4v) is 1.76. The normalized spacial score (nSPS) is 15.4. The van der Waals surface area contributed by atoms with E-state index in [1.165, 1.54) is 15.8 Å². The molecule has 1 aliphatic rings. The van der Waals surface area contributed by atoms with Gasteiger partial charge in [0.1, 0.15) is 0 Å². The van der Waals surface area contributed by atoms with E-state index >= 15 is 0 Å². The number of aliphatic carboxylic acids is 1. The summed E-state index contributed by atoms with van der Waals surface area (Å²) in [7, 11) is 0. The Kier molecular flexibility index (Phi) is 3.35. The van der Waals surface area contributed by atoms with Gasteiger partial charge in [0.25, 0.3) is 0 Å². The van der Waals surface area contributed by atoms with Gasteiger partial charge in [0.15, 0.2) is 0 Å². The fourth-order valence-electron chi connectivity index (χ4n) is 1.76. The van der Waals surface area contributed by atoms with Crippen LogP contribution in [-0.2, 0) is 27.3 Å². The third kappa shape index (κ3) is 2.70. The average Bonchev–Trinajstić information content (AvgIpc) is 2.84. The first-order valence-electron chi connectivity index (χ1n) is 5.50. The van der Waals surface area contributed by atoms with Gasteiger partial charge < -0.3 is 5.11 Å². The molecule has 8 heteroatoms. The highest BCUT2D eigenvalue weighted by Crippen LogP contribution is 2.11. The molecule has 1 aromatic heterocycles. The van der Waals surface area contributed by atoms with E-state index < -0.39 is 5.97 Å². The predicted molar refractivity (Wildman–Crippen MR) is 57.3 cm³/mol. The number of carbonyl (C=O) groups is 3. The molecule has 1 fully saturated rings. The molecule has 1 N–H and O–H groups in total. The number of rotatable bonds is 5. The Morgan fingerprint density at radius 3 is 2.56 bits per heavy atom. The number of amides is 2. The van der Waals surface area contributed by atoms with E-state index in [2.05, 4.69) is 10.3 Å². The summed E-state index contributed by atoms with van der Waals surface area (Å²) in [6.45, 7) is 0.567. The van der Waals surface area contributed by atoms with Gasteiger partial charge in [-0.05, 0) is 0 Å². The first-order valence-corrected chi connectivity index (χ1v) is 5.50. The van der Waals surface area contributed by atoms with Crippen LogP contribution in [0.5, 0.6) is 0 Å². The molecule has 0 unspecified atom stereocenters. The Morgan fingerprint density at radius 2 is 1.94 bits per heavy atom. The summed E-state index contributed by atoms with van der Waals surface area (Å²) >= 11 is 0. The molecule has 8 nitrogen and oxygen atoms in total. The molecule has 1 aromatic rings. The molecule has 0 bridgehead atoms. The third-order valence-corrected chi connectivity index (χ3v) is 2.63. The standard InChI is InChI=1S/C10H12N4O4/c15-8-1-2-9(16)14(8)4-3-13-6-7(11-12-13)5-10(17)18/h6H,1-5H2,(H,17,18). The van der Waals surface area contributed by atoms with Gasteiger partial charge in [0, 0.05) is 25.6 Å². The molecule has 0 saturated carbocycles. The Morgan fingerprint density at radius 1 is 1.28 bits per heavy atom. The molecule has 2 rings (SSSR count). The van der Waals surface area contributed by atoms with Crippen molar-refractivity contribution in [3.63, 3.8) is 0 Å². The summed E-state index contributed by atoms with van der Waals surface area (Å²) in [5.74, 6) is -1.33. The van der Waals surface area contributed by atoms with Crippen molar-refractivity contribution in [2.24, 2.45) is 0 Å². The van der Waals surface area contributed by atoms with Crippen molar-refractivity contribution in [2.45, 2.75) is 25.8 Å². The monoisotopic (exact) mass is 252 g/mol. The lowest BCUT2D eigenvalue weighted by Gasteiger charge is -2.12.